The molecule has 0 spiro atoms. The topological polar surface area (TPSA) is 105 Å². The maximum absolute atomic E-state index is 12.3. The number of nitro groups is 1. The fourth-order valence-electron chi connectivity index (χ4n) is 1.93. The lowest BCUT2D eigenvalue weighted by molar-refractivity contribution is -0.384. The van der Waals surface area contributed by atoms with Crippen LogP contribution in [-0.2, 0) is 0 Å². The van der Waals surface area contributed by atoms with Crippen LogP contribution in [0.5, 0.6) is 5.75 Å². The van der Waals surface area contributed by atoms with Gasteiger partial charge in [-0.05, 0) is 30.3 Å². The molecule has 0 unspecified atom stereocenters. The summed E-state index contributed by atoms with van der Waals surface area (Å²) in [4.78, 5) is 22.4. The Morgan fingerprint density at radius 2 is 1.58 bits per heavy atom. The van der Waals surface area contributed by atoms with E-state index in [1.807, 2.05) is 0 Å². The van der Waals surface area contributed by atoms with Gasteiger partial charge in [0.25, 0.3) is 5.69 Å². The van der Waals surface area contributed by atoms with Crippen molar-refractivity contribution >= 4 is 22.8 Å². The van der Waals surface area contributed by atoms with Crippen molar-refractivity contribution in [2.45, 2.75) is 20.8 Å². The van der Waals surface area contributed by atoms with Crippen molar-refractivity contribution in [3.8, 4) is 5.75 Å². The second-order valence-electron chi connectivity index (χ2n) is 6.25. The first kappa shape index (κ1) is 17.3. The molecule has 0 atom stereocenters. The first-order chi connectivity index (χ1) is 11.2. The predicted octanol–water partition coefficient (Wildman–Crippen LogP) is 4.94. The monoisotopic (exact) mass is 327 g/mol. The van der Waals surface area contributed by atoms with Gasteiger partial charge in [-0.1, -0.05) is 20.8 Å². The van der Waals surface area contributed by atoms with Crippen molar-refractivity contribution in [2.75, 3.05) is 0 Å². The van der Waals surface area contributed by atoms with E-state index in [2.05, 4.69) is 10.2 Å². The number of Topliss-reactive ketones (excluding diaryl/α,β-unsaturated/α-hetero) is 1. The summed E-state index contributed by atoms with van der Waals surface area (Å²) in [5.41, 5.74) is 0.362. The number of nitro benzene ring substituents is 1. The van der Waals surface area contributed by atoms with Gasteiger partial charge in [0, 0.05) is 17.5 Å². The maximum atomic E-state index is 12.3. The van der Waals surface area contributed by atoms with Crippen LogP contribution in [0.4, 0.5) is 17.1 Å². The van der Waals surface area contributed by atoms with Crippen LogP contribution < -0.4 is 0 Å². The third kappa shape index (κ3) is 4.01. The van der Waals surface area contributed by atoms with E-state index in [0.717, 1.165) is 0 Å². The Bertz CT molecular complexity index is 806. The summed E-state index contributed by atoms with van der Waals surface area (Å²) < 4.78 is 0. The highest BCUT2D eigenvalue weighted by Gasteiger charge is 2.25. The van der Waals surface area contributed by atoms with Gasteiger partial charge in [0.05, 0.1) is 21.9 Å². The van der Waals surface area contributed by atoms with Gasteiger partial charge in [-0.2, -0.15) is 10.2 Å². The highest BCUT2D eigenvalue weighted by Crippen LogP contribution is 2.30. The summed E-state index contributed by atoms with van der Waals surface area (Å²) in [7, 11) is 0. The van der Waals surface area contributed by atoms with E-state index >= 15 is 0 Å². The smallest absolute Gasteiger partial charge is 0.269 e. The molecule has 0 fully saturated rings. The lowest BCUT2D eigenvalue weighted by atomic mass is 9.86. The number of phenols is 1. The summed E-state index contributed by atoms with van der Waals surface area (Å²) >= 11 is 0. The molecule has 7 heteroatoms. The van der Waals surface area contributed by atoms with Gasteiger partial charge < -0.3 is 5.11 Å². The van der Waals surface area contributed by atoms with Crippen LogP contribution in [-0.4, -0.2) is 15.8 Å². The quantitative estimate of drug-likeness (QED) is 0.371. The number of rotatable bonds is 4. The molecule has 2 aromatic rings. The van der Waals surface area contributed by atoms with Gasteiger partial charge in [-0.25, -0.2) is 0 Å². The van der Waals surface area contributed by atoms with Crippen LogP contribution in [0.3, 0.4) is 0 Å². The summed E-state index contributed by atoms with van der Waals surface area (Å²) in [5.74, 6) is -0.309. The second-order valence-corrected chi connectivity index (χ2v) is 6.25. The molecule has 7 nitrogen and oxygen atoms in total. The molecule has 0 radical (unpaired) electrons. The number of aromatic hydroxyl groups is 1. The van der Waals surface area contributed by atoms with E-state index < -0.39 is 10.3 Å². The van der Waals surface area contributed by atoms with Crippen molar-refractivity contribution in [3.05, 3.63) is 58.1 Å². The number of phenolic OH excluding ortho intramolecular Hbond substituents is 1. The largest absolute Gasteiger partial charge is 0.507 e. The summed E-state index contributed by atoms with van der Waals surface area (Å²) in [5, 5.41) is 28.5. The number of ketones is 1. The lowest BCUT2D eigenvalue weighted by Crippen LogP contribution is -2.20. The standard InChI is InChI=1S/C17H17N3O4/c1-17(2,3)16(22)14-10-12(6-9-15(14)21)19-18-11-4-7-13(8-5-11)20(23)24/h4-10,21H,1-3H3. The van der Waals surface area contributed by atoms with E-state index in [0.29, 0.717) is 11.4 Å². The van der Waals surface area contributed by atoms with Crippen LogP contribution in [0.1, 0.15) is 31.1 Å². The average molecular weight is 327 g/mol. The summed E-state index contributed by atoms with van der Waals surface area (Å²) in [6, 6.07) is 10.0. The van der Waals surface area contributed by atoms with Crippen LogP contribution in [0.25, 0.3) is 0 Å². The third-order valence-electron chi connectivity index (χ3n) is 3.25. The molecule has 0 bridgehead atoms. The Labute approximate surface area is 138 Å². The Kier molecular flexibility index (Phi) is 4.73. The minimum Gasteiger partial charge on any atom is -0.507 e. The van der Waals surface area contributed by atoms with Gasteiger partial charge in [0.1, 0.15) is 5.75 Å². The highest BCUT2D eigenvalue weighted by molar-refractivity contribution is 6.02. The Hall–Kier alpha value is -3.09. The van der Waals surface area contributed by atoms with E-state index in [9.17, 15) is 20.0 Å². The fraction of sp³-hybridized carbons (Fsp3) is 0.235. The average Bonchev–Trinajstić information content (AvgIpc) is 2.53. The first-order valence-corrected chi connectivity index (χ1v) is 7.22. The minimum absolute atomic E-state index is 0.0309. The van der Waals surface area contributed by atoms with Crippen molar-refractivity contribution in [3.63, 3.8) is 0 Å². The summed E-state index contributed by atoms with van der Waals surface area (Å²) in [6.45, 7) is 5.29. The van der Waals surface area contributed by atoms with Crippen molar-refractivity contribution in [2.24, 2.45) is 15.6 Å². The van der Waals surface area contributed by atoms with Gasteiger partial charge in [-0.3, -0.25) is 14.9 Å². The van der Waals surface area contributed by atoms with Crippen molar-refractivity contribution in [1.29, 1.82) is 0 Å². The second kappa shape index (κ2) is 6.57. The van der Waals surface area contributed by atoms with Gasteiger partial charge in [0.15, 0.2) is 5.78 Å². The van der Waals surface area contributed by atoms with Crippen molar-refractivity contribution in [1.82, 2.24) is 0 Å². The molecule has 24 heavy (non-hydrogen) atoms. The number of carbonyl (C=O) groups is 1. The van der Waals surface area contributed by atoms with Crippen LogP contribution in [0, 0.1) is 15.5 Å². The molecule has 0 saturated carbocycles. The normalized spacial score (nSPS) is 11.6. The number of hydrogen-bond acceptors (Lipinski definition) is 6. The third-order valence-corrected chi connectivity index (χ3v) is 3.25. The number of benzene rings is 2. The predicted molar refractivity (Wildman–Crippen MR) is 89.2 cm³/mol. The number of non-ortho nitro benzene ring substituents is 1. The van der Waals surface area contributed by atoms with Gasteiger partial charge in [0.2, 0.25) is 0 Å². The Balaban J connectivity index is 2.27. The minimum atomic E-state index is -0.633. The van der Waals surface area contributed by atoms with Crippen LogP contribution in [0.15, 0.2) is 52.7 Å². The SMILES string of the molecule is CC(C)(C)C(=O)c1cc(N=Nc2ccc([N+](=O)[O-])cc2)ccc1O. The van der Waals surface area contributed by atoms with E-state index in [1.165, 1.54) is 42.5 Å². The molecule has 0 aliphatic heterocycles. The lowest BCUT2D eigenvalue weighted by Gasteiger charge is -2.17. The summed E-state index contributed by atoms with van der Waals surface area (Å²) in [6.07, 6.45) is 0. The number of nitrogens with zero attached hydrogens (tertiary/aromatic N) is 3. The fourth-order valence-corrected chi connectivity index (χ4v) is 1.93. The number of azo groups is 1. The van der Waals surface area contributed by atoms with Gasteiger partial charge >= 0.3 is 0 Å². The zero-order valence-corrected chi connectivity index (χ0v) is 13.6. The Morgan fingerprint density at radius 1 is 1.04 bits per heavy atom. The molecule has 2 aromatic carbocycles. The molecule has 124 valence electrons. The molecule has 0 amide bonds. The molecule has 0 heterocycles. The molecule has 2 rings (SSSR count). The number of hydrogen-bond donors (Lipinski definition) is 1. The maximum Gasteiger partial charge on any atom is 0.269 e. The van der Waals surface area contributed by atoms with Crippen molar-refractivity contribution < 1.29 is 14.8 Å². The van der Waals surface area contributed by atoms with Crippen LogP contribution >= 0.6 is 0 Å². The molecule has 0 saturated heterocycles. The molecule has 0 aromatic heterocycles. The van der Waals surface area contributed by atoms with Crippen LogP contribution in [0.2, 0.25) is 0 Å². The van der Waals surface area contributed by atoms with Gasteiger partial charge in [-0.15, -0.1) is 0 Å². The molecule has 0 aliphatic carbocycles. The highest BCUT2D eigenvalue weighted by atomic mass is 16.6. The first-order valence-electron chi connectivity index (χ1n) is 7.22. The zero-order valence-electron chi connectivity index (χ0n) is 13.6. The van der Waals surface area contributed by atoms with E-state index in [-0.39, 0.29) is 22.8 Å². The molecular weight excluding hydrogens is 310 g/mol. The molecular formula is C17H17N3O4. The van der Waals surface area contributed by atoms with E-state index in [4.69, 9.17) is 0 Å². The Morgan fingerprint density at radius 3 is 2.12 bits per heavy atom. The molecule has 0 aliphatic rings. The van der Waals surface area contributed by atoms with E-state index in [1.54, 1.807) is 20.8 Å². The molecule has 1 N–H and O–H groups in total. The number of carbonyl (C=O) groups excluding carboxylic acids is 1. The zero-order chi connectivity index (χ0) is 17.9.